The fourth-order valence-corrected chi connectivity index (χ4v) is 3.36. The van der Waals surface area contributed by atoms with Gasteiger partial charge < -0.3 is 16.2 Å². The lowest BCUT2D eigenvalue weighted by Gasteiger charge is -2.20. The van der Waals surface area contributed by atoms with E-state index in [2.05, 4.69) is 15.3 Å². The smallest absolute Gasteiger partial charge is 0.416 e. The highest BCUT2D eigenvalue weighted by molar-refractivity contribution is 6.03. The number of nitrogens with two attached hydrogens (primary N) is 1. The number of hydrogen-bond acceptors (Lipinski definition) is 5. The molecule has 29 heavy (non-hydrogen) atoms. The Balaban J connectivity index is 1.91. The zero-order valence-electron chi connectivity index (χ0n) is 16.0. The molecule has 1 amide bonds. The van der Waals surface area contributed by atoms with Gasteiger partial charge in [0.15, 0.2) is 0 Å². The Labute approximate surface area is 165 Å². The van der Waals surface area contributed by atoms with Crippen molar-refractivity contribution in [2.24, 2.45) is 4.99 Å². The quantitative estimate of drug-likeness (QED) is 0.680. The summed E-state index contributed by atoms with van der Waals surface area (Å²) in [7, 11) is 0. The van der Waals surface area contributed by atoms with Gasteiger partial charge in [0.25, 0.3) is 0 Å². The van der Waals surface area contributed by atoms with Crippen molar-refractivity contribution in [1.29, 1.82) is 0 Å². The van der Waals surface area contributed by atoms with Crippen molar-refractivity contribution in [3.05, 3.63) is 41.0 Å². The lowest BCUT2D eigenvalue weighted by molar-refractivity contribution is -0.137. The first-order valence-corrected chi connectivity index (χ1v) is 9.05. The van der Waals surface area contributed by atoms with Gasteiger partial charge in [0.2, 0.25) is 5.91 Å². The van der Waals surface area contributed by atoms with Crippen molar-refractivity contribution in [1.82, 2.24) is 10.3 Å². The van der Waals surface area contributed by atoms with Crippen LogP contribution in [0.4, 0.5) is 19.0 Å². The molecule has 154 valence electrons. The highest BCUT2D eigenvalue weighted by Gasteiger charge is 2.32. The van der Waals surface area contributed by atoms with Gasteiger partial charge in [-0.2, -0.15) is 13.2 Å². The number of anilines is 1. The van der Waals surface area contributed by atoms with Gasteiger partial charge in [0, 0.05) is 29.8 Å². The van der Waals surface area contributed by atoms with Gasteiger partial charge in [-0.1, -0.05) is 0 Å². The van der Waals surface area contributed by atoms with Crippen molar-refractivity contribution < 1.29 is 23.1 Å². The second-order valence-electron chi connectivity index (χ2n) is 7.03. The molecule has 0 radical (unpaired) electrons. The van der Waals surface area contributed by atoms with E-state index >= 15 is 0 Å². The largest absolute Gasteiger partial charge is 0.507 e. The molecule has 0 aliphatic carbocycles. The third-order valence-corrected chi connectivity index (χ3v) is 4.83. The summed E-state index contributed by atoms with van der Waals surface area (Å²) in [5, 5.41) is 12.9. The molecule has 4 N–H and O–H groups in total. The van der Waals surface area contributed by atoms with Crippen LogP contribution >= 0.6 is 0 Å². The summed E-state index contributed by atoms with van der Waals surface area (Å²) < 4.78 is 38.8. The highest BCUT2D eigenvalue weighted by atomic mass is 19.4. The number of benzene rings is 1. The minimum absolute atomic E-state index is 0.00588. The van der Waals surface area contributed by atoms with Crippen molar-refractivity contribution >= 4 is 17.4 Å². The van der Waals surface area contributed by atoms with Gasteiger partial charge in [0.05, 0.1) is 17.3 Å². The van der Waals surface area contributed by atoms with Crippen molar-refractivity contribution in [3.63, 3.8) is 0 Å². The molecular formula is C20H21F3N4O2. The van der Waals surface area contributed by atoms with E-state index in [9.17, 15) is 23.1 Å². The molecule has 1 aromatic heterocycles. The van der Waals surface area contributed by atoms with E-state index in [1.54, 1.807) is 19.1 Å². The second-order valence-corrected chi connectivity index (χ2v) is 7.03. The average Bonchev–Trinajstić information content (AvgIpc) is 2.62. The number of aromatic nitrogens is 1. The maximum absolute atomic E-state index is 12.9. The maximum Gasteiger partial charge on any atom is 0.416 e. The Kier molecular flexibility index (Phi) is 5.50. The topological polar surface area (TPSA) is 101 Å². The number of amides is 1. The predicted octanol–water partition coefficient (Wildman–Crippen LogP) is 3.45. The van der Waals surface area contributed by atoms with Gasteiger partial charge in [-0.15, -0.1) is 0 Å². The maximum atomic E-state index is 12.9. The van der Waals surface area contributed by atoms with Crippen LogP contribution in [0.15, 0.2) is 29.3 Å². The zero-order chi connectivity index (χ0) is 21.3. The molecule has 1 aliphatic rings. The number of aliphatic imine (C=N–C) groups is 1. The van der Waals surface area contributed by atoms with E-state index in [1.807, 2.05) is 0 Å². The lowest BCUT2D eigenvalue weighted by Crippen LogP contribution is -2.37. The molecule has 1 aromatic carbocycles. The Bertz CT molecular complexity index is 953. The van der Waals surface area contributed by atoms with Crippen LogP contribution in [0.2, 0.25) is 0 Å². The van der Waals surface area contributed by atoms with Crippen molar-refractivity contribution in [3.8, 4) is 17.0 Å². The number of halogens is 3. The molecule has 9 heteroatoms. The van der Waals surface area contributed by atoms with E-state index < -0.39 is 17.5 Å². The summed E-state index contributed by atoms with van der Waals surface area (Å²) in [6, 6.07) is 4.85. The van der Waals surface area contributed by atoms with Crippen LogP contribution in [0.3, 0.4) is 0 Å². The number of carbonyl (C=O) groups excluding carboxylic acids is 1. The van der Waals surface area contributed by atoms with Gasteiger partial charge >= 0.3 is 6.18 Å². The van der Waals surface area contributed by atoms with E-state index in [0.717, 1.165) is 6.07 Å². The number of nitrogen functional groups attached to an aromatic ring is 1. The van der Waals surface area contributed by atoms with Crippen LogP contribution in [0, 0.1) is 6.92 Å². The monoisotopic (exact) mass is 406 g/mol. The van der Waals surface area contributed by atoms with Crippen LogP contribution in [-0.2, 0) is 11.0 Å². The normalized spacial score (nSPS) is 17.9. The summed E-state index contributed by atoms with van der Waals surface area (Å²) in [5.74, 6) is -0.353. The average molecular weight is 406 g/mol. The summed E-state index contributed by atoms with van der Waals surface area (Å²) >= 11 is 0. The van der Waals surface area contributed by atoms with Gasteiger partial charge in [-0.3, -0.25) is 9.79 Å². The Morgan fingerprint density at radius 1 is 1.34 bits per heavy atom. The number of aryl methyl sites for hydroxylation is 1. The molecule has 3 rings (SSSR count). The number of carbonyl (C=O) groups is 1. The molecule has 2 heterocycles. The number of alkyl halides is 3. The summed E-state index contributed by atoms with van der Waals surface area (Å²) in [5.41, 5.74) is 7.08. The number of nitrogens with one attached hydrogen (secondary N) is 1. The van der Waals surface area contributed by atoms with E-state index in [4.69, 9.17) is 5.73 Å². The standard InChI is InChI=1S/C20H21F3N4O2/c1-10-7-12(20(21,22)23)8-16(28)18(10)15-5-4-14(19(24)27-15)11(2)26-13-3-6-17(29)25-9-13/h4-5,7-8,13,28H,3,6,9H2,1-2H3,(H2,24,27)(H,25,29)/t13-/m0/s1. The number of aromatic hydroxyl groups is 1. The number of rotatable bonds is 3. The van der Waals surface area contributed by atoms with Crippen LogP contribution < -0.4 is 11.1 Å². The highest BCUT2D eigenvalue weighted by Crippen LogP contribution is 2.38. The van der Waals surface area contributed by atoms with Crippen LogP contribution in [-0.4, -0.2) is 34.3 Å². The van der Waals surface area contributed by atoms with Crippen LogP contribution in [0.5, 0.6) is 5.75 Å². The predicted molar refractivity (Wildman–Crippen MR) is 104 cm³/mol. The first-order chi connectivity index (χ1) is 13.6. The summed E-state index contributed by atoms with van der Waals surface area (Å²) in [6.45, 7) is 3.71. The molecule has 1 saturated heterocycles. The fraction of sp³-hybridized carbons (Fsp3) is 0.350. The van der Waals surface area contributed by atoms with Crippen LogP contribution in [0.25, 0.3) is 11.3 Å². The molecule has 0 saturated carbocycles. The van der Waals surface area contributed by atoms with Gasteiger partial charge in [0.1, 0.15) is 11.6 Å². The lowest BCUT2D eigenvalue weighted by atomic mass is 9.99. The summed E-state index contributed by atoms with van der Waals surface area (Å²) in [4.78, 5) is 20.1. The molecular weight excluding hydrogens is 385 g/mol. The molecule has 2 aromatic rings. The molecule has 1 atom stereocenters. The zero-order valence-corrected chi connectivity index (χ0v) is 16.0. The fourth-order valence-electron chi connectivity index (χ4n) is 3.36. The third-order valence-electron chi connectivity index (χ3n) is 4.83. The molecule has 6 nitrogen and oxygen atoms in total. The van der Waals surface area contributed by atoms with E-state index in [0.29, 0.717) is 36.7 Å². The summed E-state index contributed by atoms with van der Waals surface area (Å²) in [6.07, 6.45) is -3.49. The number of phenolic OH excluding ortho intramolecular Hbond substituents is 1. The Morgan fingerprint density at radius 2 is 2.07 bits per heavy atom. The number of nitrogens with zero attached hydrogens (tertiary/aromatic N) is 2. The molecule has 0 spiro atoms. The SMILES string of the molecule is CC(=N[C@H]1CCC(=O)NC1)c1ccc(-c2c(C)cc(C(F)(F)F)cc2O)nc1N. The Hall–Kier alpha value is -3.10. The first kappa shape index (κ1) is 20.6. The molecule has 0 bridgehead atoms. The second kappa shape index (κ2) is 7.73. The van der Waals surface area contributed by atoms with E-state index in [1.165, 1.54) is 6.92 Å². The van der Waals surface area contributed by atoms with Crippen LogP contribution in [0.1, 0.15) is 36.5 Å². The van der Waals surface area contributed by atoms with Gasteiger partial charge in [-0.05, 0) is 50.1 Å². The van der Waals surface area contributed by atoms with Gasteiger partial charge in [-0.25, -0.2) is 4.98 Å². The minimum atomic E-state index is -4.55. The van der Waals surface area contributed by atoms with Crippen molar-refractivity contribution in [2.45, 2.75) is 38.9 Å². The molecule has 1 fully saturated rings. The Morgan fingerprint density at radius 3 is 2.62 bits per heavy atom. The number of hydrogen-bond donors (Lipinski definition) is 3. The third kappa shape index (κ3) is 4.49. The molecule has 1 aliphatic heterocycles. The number of pyridine rings is 1. The van der Waals surface area contributed by atoms with Crippen molar-refractivity contribution in [2.75, 3.05) is 12.3 Å². The minimum Gasteiger partial charge on any atom is -0.507 e. The first-order valence-electron chi connectivity index (χ1n) is 9.05. The number of phenols is 1. The molecule has 0 unspecified atom stereocenters. The number of piperidine rings is 1. The van der Waals surface area contributed by atoms with E-state index in [-0.39, 0.29) is 34.6 Å².